The Bertz CT molecular complexity index is 1490. The zero-order valence-electron chi connectivity index (χ0n) is 19.1. The van der Waals surface area contributed by atoms with Gasteiger partial charge in [-0.1, -0.05) is 53.8 Å². The predicted octanol–water partition coefficient (Wildman–Crippen LogP) is 5.75. The topological polar surface area (TPSA) is 64.0 Å². The molecule has 1 N–H and O–H groups in total. The quantitative estimate of drug-likeness (QED) is 0.388. The summed E-state index contributed by atoms with van der Waals surface area (Å²) < 4.78 is 1.72. The van der Waals surface area contributed by atoms with Gasteiger partial charge in [0.05, 0.1) is 5.03 Å². The Morgan fingerprint density at radius 2 is 1.91 bits per heavy atom. The first-order valence-electron chi connectivity index (χ1n) is 12.2. The fraction of sp³-hybridized carbons (Fsp3) is 0.321. The maximum absolute atomic E-state index is 13.3. The van der Waals surface area contributed by atoms with Crippen LogP contribution in [0.1, 0.15) is 35.6 Å². The summed E-state index contributed by atoms with van der Waals surface area (Å²) >= 11 is 3.19. The Balaban J connectivity index is 1.24. The van der Waals surface area contributed by atoms with Crippen molar-refractivity contribution in [2.75, 3.05) is 5.32 Å². The van der Waals surface area contributed by atoms with Crippen LogP contribution in [0.3, 0.4) is 0 Å². The zero-order valence-corrected chi connectivity index (χ0v) is 20.7. The van der Waals surface area contributed by atoms with E-state index >= 15 is 0 Å². The molecule has 2 aliphatic carbocycles. The SMILES string of the molecule is O=C(Cn1c2c(sc1=O)[C@@H](c1cccnc1)C1C3CCC(C3)C1S2)Nc1cccc2ccccc12. The van der Waals surface area contributed by atoms with Gasteiger partial charge < -0.3 is 5.32 Å². The number of aromatic nitrogens is 2. The lowest BCUT2D eigenvalue weighted by Gasteiger charge is -2.40. The summed E-state index contributed by atoms with van der Waals surface area (Å²) in [4.78, 5) is 31.9. The fourth-order valence-electron chi connectivity index (χ4n) is 6.69. The molecule has 7 rings (SSSR count). The Kier molecular flexibility index (Phi) is 5.10. The van der Waals surface area contributed by atoms with Crippen LogP contribution in [0.5, 0.6) is 0 Å². The number of pyridine rings is 1. The number of anilines is 1. The summed E-state index contributed by atoms with van der Waals surface area (Å²) in [6.45, 7) is 0.0339. The minimum atomic E-state index is -0.169. The number of nitrogens with zero attached hydrogens (tertiary/aromatic N) is 2. The number of thioether (sulfide) groups is 1. The lowest BCUT2D eigenvalue weighted by molar-refractivity contribution is -0.116. The number of carbonyl (C=O) groups excluding carboxylic acids is 1. The van der Waals surface area contributed by atoms with E-state index in [1.807, 2.05) is 72.7 Å². The summed E-state index contributed by atoms with van der Waals surface area (Å²) in [6.07, 6.45) is 7.64. The minimum absolute atomic E-state index is 0.0339. The van der Waals surface area contributed by atoms with Crippen molar-refractivity contribution in [3.05, 3.63) is 87.1 Å². The van der Waals surface area contributed by atoms with Crippen LogP contribution in [0.25, 0.3) is 10.8 Å². The zero-order chi connectivity index (χ0) is 23.5. The molecule has 0 spiro atoms. The Labute approximate surface area is 211 Å². The van der Waals surface area contributed by atoms with Gasteiger partial charge in [-0.15, -0.1) is 11.8 Å². The molecule has 5 atom stereocenters. The van der Waals surface area contributed by atoms with Crippen LogP contribution in [0, 0.1) is 17.8 Å². The number of nitrogens with one attached hydrogen (secondary N) is 1. The smallest absolute Gasteiger partial charge is 0.308 e. The molecule has 2 aromatic heterocycles. The second kappa shape index (κ2) is 8.35. The van der Waals surface area contributed by atoms with Gasteiger partial charge in [-0.25, -0.2) is 0 Å². The number of fused-ring (bicyclic) bond motifs is 7. The highest BCUT2D eigenvalue weighted by atomic mass is 32.2. The molecule has 1 aliphatic heterocycles. The van der Waals surface area contributed by atoms with Crippen molar-refractivity contribution in [1.29, 1.82) is 0 Å². The van der Waals surface area contributed by atoms with Gasteiger partial charge >= 0.3 is 4.87 Å². The van der Waals surface area contributed by atoms with E-state index in [0.717, 1.165) is 32.3 Å². The van der Waals surface area contributed by atoms with Crippen LogP contribution < -0.4 is 10.2 Å². The van der Waals surface area contributed by atoms with E-state index in [9.17, 15) is 9.59 Å². The third-order valence-electron chi connectivity index (χ3n) is 8.10. The predicted molar refractivity (Wildman–Crippen MR) is 141 cm³/mol. The van der Waals surface area contributed by atoms with Crippen molar-refractivity contribution >= 4 is 45.5 Å². The van der Waals surface area contributed by atoms with Crippen LogP contribution in [-0.2, 0) is 11.3 Å². The number of rotatable bonds is 4. The van der Waals surface area contributed by atoms with E-state index in [1.54, 1.807) is 4.57 Å². The van der Waals surface area contributed by atoms with Crippen molar-refractivity contribution < 1.29 is 4.79 Å². The van der Waals surface area contributed by atoms with Gasteiger partial charge in [-0.3, -0.25) is 19.1 Å². The van der Waals surface area contributed by atoms with Gasteiger partial charge in [-0.2, -0.15) is 0 Å². The maximum Gasteiger partial charge on any atom is 0.308 e. The number of hydrogen-bond acceptors (Lipinski definition) is 5. The summed E-state index contributed by atoms with van der Waals surface area (Å²) in [5.74, 6) is 2.00. The van der Waals surface area contributed by atoms with E-state index < -0.39 is 0 Å². The first-order chi connectivity index (χ1) is 17.2. The molecule has 3 aliphatic rings. The van der Waals surface area contributed by atoms with Gasteiger partial charge in [0.25, 0.3) is 0 Å². The third kappa shape index (κ3) is 3.47. The molecule has 7 heteroatoms. The van der Waals surface area contributed by atoms with E-state index in [4.69, 9.17) is 0 Å². The molecule has 3 heterocycles. The number of hydrogen-bond donors (Lipinski definition) is 1. The number of benzene rings is 2. The van der Waals surface area contributed by atoms with Crippen molar-refractivity contribution in [2.24, 2.45) is 17.8 Å². The molecule has 1 amide bonds. The monoisotopic (exact) mass is 499 g/mol. The van der Waals surface area contributed by atoms with Crippen LogP contribution in [0.2, 0.25) is 0 Å². The van der Waals surface area contributed by atoms with Crippen LogP contribution >= 0.6 is 23.1 Å². The van der Waals surface area contributed by atoms with Crippen molar-refractivity contribution in [2.45, 2.75) is 42.0 Å². The molecule has 4 aromatic rings. The minimum Gasteiger partial charge on any atom is -0.324 e. The standard InChI is InChI=1S/C28H25N3O2S2/c32-22(30-21-9-3-6-16-5-1-2-8-20(16)21)15-31-27-26(35-28(31)33)24(19-7-4-12-29-14-19)23-17-10-11-18(13-17)25(23)34-27/h1-9,12,14,17-18,23-25H,10-11,13,15H2,(H,30,32)/t17?,18?,23?,24-,25?/m0/s1. The van der Waals surface area contributed by atoms with E-state index in [0.29, 0.717) is 17.1 Å². The molecule has 35 heavy (non-hydrogen) atoms. The highest BCUT2D eigenvalue weighted by Gasteiger charge is 2.55. The summed E-state index contributed by atoms with van der Waals surface area (Å²) in [5, 5.41) is 6.64. The molecular weight excluding hydrogens is 474 g/mol. The number of thiazole rings is 1. The molecule has 0 radical (unpaired) electrons. The maximum atomic E-state index is 13.3. The normalized spacial score (nSPS) is 26.5. The highest BCUT2D eigenvalue weighted by Crippen LogP contribution is 2.63. The Hall–Kier alpha value is -2.90. The van der Waals surface area contributed by atoms with Gasteiger partial charge in [0.1, 0.15) is 6.54 Å². The van der Waals surface area contributed by atoms with Gasteiger partial charge in [0, 0.05) is 39.5 Å². The lowest BCUT2D eigenvalue weighted by Crippen LogP contribution is -2.34. The summed E-state index contributed by atoms with van der Waals surface area (Å²) in [6, 6.07) is 18.0. The number of carbonyl (C=O) groups is 1. The van der Waals surface area contributed by atoms with Crippen LogP contribution in [0.4, 0.5) is 5.69 Å². The van der Waals surface area contributed by atoms with Crippen molar-refractivity contribution in [3.8, 4) is 0 Å². The second-order valence-electron chi connectivity index (χ2n) is 9.96. The molecule has 176 valence electrons. The van der Waals surface area contributed by atoms with E-state index in [2.05, 4.69) is 16.4 Å². The largest absolute Gasteiger partial charge is 0.324 e. The highest BCUT2D eigenvalue weighted by molar-refractivity contribution is 8.00. The average Bonchev–Trinajstić information content (AvgIpc) is 3.58. The molecule has 5 nitrogen and oxygen atoms in total. The van der Waals surface area contributed by atoms with Gasteiger partial charge in [0.15, 0.2) is 0 Å². The van der Waals surface area contributed by atoms with Crippen LogP contribution in [-0.4, -0.2) is 20.7 Å². The molecule has 4 unspecified atom stereocenters. The first kappa shape index (κ1) is 21.4. The fourth-order valence-corrected chi connectivity index (χ4v) is 9.84. The molecular formula is C28H25N3O2S2. The van der Waals surface area contributed by atoms with Gasteiger partial charge in [-0.05, 0) is 60.1 Å². The Morgan fingerprint density at radius 3 is 2.80 bits per heavy atom. The average molecular weight is 500 g/mol. The number of amides is 1. The first-order valence-corrected chi connectivity index (χ1v) is 13.9. The molecule has 2 fully saturated rings. The molecule has 2 saturated carbocycles. The molecule has 0 saturated heterocycles. The molecule has 2 bridgehead atoms. The van der Waals surface area contributed by atoms with Crippen molar-refractivity contribution in [3.63, 3.8) is 0 Å². The Morgan fingerprint density at radius 1 is 1.06 bits per heavy atom. The summed E-state index contributed by atoms with van der Waals surface area (Å²) in [5.41, 5.74) is 1.98. The van der Waals surface area contributed by atoms with Gasteiger partial charge in [0.2, 0.25) is 5.91 Å². The lowest BCUT2D eigenvalue weighted by atomic mass is 9.75. The summed E-state index contributed by atoms with van der Waals surface area (Å²) in [7, 11) is 0. The van der Waals surface area contributed by atoms with Crippen LogP contribution in [0.15, 0.2) is 76.8 Å². The van der Waals surface area contributed by atoms with Crippen molar-refractivity contribution in [1.82, 2.24) is 9.55 Å². The van der Waals surface area contributed by atoms with E-state index in [-0.39, 0.29) is 23.2 Å². The third-order valence-corrected chi connectivity index (χ3v) is 10.9. The van der Waals surface area contributed by atoms with E-state index in [1.165, 1.54) is 36.2 Å². The second-order valence-corrected chi connectivity index (χ2v) is 12.1. The molecule has 2 aromatic carbocycles.